The van der Waals surface area contributed by atoms with E-state index in [0.29, 0.717) is 13.0 Å². The topological polar surface area (TPSA) is 72.7 Å². The van der Waals surface area contributed by atoms with E-state index in [1.54, 1.807) is 0 Å². The highest BCUT2D eigenvalue weighted by Crippen LogP contribution is 2.13. The molecule has 120 valence electrons. The van der Waals surface area contributed by atoms with Crippen molar-refractivity contribution in [2.45, 2.75) is 39.8 Å². The molecule has 2 aromatic heterocycles. The number of nitrogens with one attached hydrogen (secondary N) is 1. The summed E-state index contributed by atoms with van der Waals surface area (Å²) in [6, 6.07) is 7.92. The maximum Gasteiger partial charge on any atom is 0.220 e. The molecule has 1 aromatic carbocycles. The SMILES string of the molecule is Cc1cc(C)n(CCCC(=O)NCc2ccc3nsnc3c2)n1. The number of nitrogens with zero attached hydrogens (tertiary/aromatic N) is 4. The molecule has 6 nitrogen and oxygen atoms in total. The van der Waals surface area contributed by atoms with E-state index in [9.17, 15) is 4.79 Å². The lowest BCUT2D eigenvalue weighted by Gasteiger charge is -2.06. The first kappa shape index (κ1) is 15.6. The number of aryl methyl sites for hydroxylation is 3. The first-order chi connectivity index (χ1) is 11.1. The number of aromatic nitrogens is 4. The molecule has 0 bridgehead atoms. The van der Waals surface area contributed by atoms with Crippen molar-refractivity contribution >= 4 is 28.7 Å². The van der Waals surface area contributed by atoms with E-state index < -0.39 is 0 Å². The van der Waals surface area contributed by atoms with Crippen molar-refractivity contribution in [1.82, 2.24) is 23.8 Å². The van der Waals surface area contributed by atoms with Crippen molar-refractivity contribution in [3.63, 3.8) is 0 Å². The van der Waals surface area contributed by atoms with Crippen molar-refractivity contribution in [2.75, 3.05) is 0 Å². The van der Waals surface area contributed by atoms with Gasteiger partial charge >= 0.3 is 0 Å². The molecule has 0 aliphatic heterocycles. The summed E-state index contributed by atoms with van der Waals surface area (Å²) in [4.78, 5) is 11.9. The van der Waals surface area contributed by atoms with Crippen molar-refractivity contribution in [3.05, 3.63) is 41.2 Å². The molecule has 3 rings (SSSR count). The standard InChI is InChI=1S/C16H19N5OS/c1-11-8-12(2)21(18-11)7-3-4-16(22)17-10-13-5-6-14-15(9-13)20-23-19-14/h5-6,8-9H,3-4,7,10H2,1-2H3,(H,17,22). The fraction of sp³-hybridized carbons (Fsp3) is 0.375. The van der Waals surface area contributed by atoms with E-state index in [0.717, 1.165) is 41.0 Å². The summed E-state index contributed by atoms with van der Waals surface area (Å²) < 4.78 is 10.3. The Labute approximate surface area is 138 Å². The highest BCUT2D eigenvalue weighted by atomic mass is 32.1. The van der Waals surface area contributed by atoms with E-state index in [1.165, 1.54) is 11.7 Å². The van der Waals surface area contributed by atoms with Crippen LogP contribution in [0.25, 0.3) is 11.0 Å². The zero-order valence-electron chi connectivity index (χ0n) is 13.2. The molecule has 0 radical (unpaired) electrons. The molecule has 3 aromatic rings. The second-order valence-corrected chi connectivity index (χ2v) is 6.15. The Morgan fingerprint density at radius 3 is 2.83 bits per heavy atom. The summed E-state index contributed by atoms with van der Waals surface area (Å²) in [5.74, 6) is 0.0584. The molecule has 1 amide bonds. The van der Waals surface area contributed by atoms with Gasteiger partial charge in [0.05, 0.1) is 17.4 Å². The highest BCUT2D eigenvalue weighted by molar-refractivity contribution is 7.00. The third kappa shape index (κ3) is 3.92. The van der Waals surface area contributed by atoms with Crippen LogP contribution >= 0.6 is 11.7 Å². The van der Waals surface area contributed by atoms with Crippen LogP contribution < -0.4 is 5.32 Å². The van der Waals surface area contributed by atoms with Crippen LogP contribution in [0.4, 0.5) is 0 Å². The summed E-state index contributed by atoms with van der Waals surface area (Å²) in [7, 11) is 0. The molecular formula is C16H19N5OS. The zero-order chi connectivity index (χ0) is 16.2. The zero-order valence-corrected chi connectivity index (χ0v) is 14.1. The molecule has 0 fully saturated rings. The first-order valence-corrected chi connectivity index (χ1v) is 8.34. The fourth-order valence-corrected chi connectivity index (χ4v) is 3.03. The Morgan fingerprint density at radius 1 is 1.22 bits per heavy atom. The molecule has 0 aliphatic carbocycles. The van der Waals surface area contributed by atoms with Gasteiger partial charge in [-0.2, -0.15) is 13.8 Å². The molecule has 7 heteroatoms. The third-order valence-electron chi connectivity index (χ3n) is 3.68. The van der Waals surface area contributed by atoms with Crippen molar-refractivity contribution < 1.29 is 4.79 Å². The van der Waals surface area contributed by atoms with Gasteiger partial charge in [0.2, 0.25) is 5.91 Å². The third-order valence-corrected chi connectivity index (χ3v) is 4.24. The van der Waals surface area contributed by atoms with Crippen LogP contribution in [0.5, 0.6) is 0 Å². The lowest BCUT2D eigenvalue weighted by molar-refractivity contribution is -0.121. The average Bonchev–Trinajstić information content (AvgIpc) is 3.11. The predicted octanol–water partition coefficient (Wildman–Crippen LogP) is 2.60. The summed E-state index contributed by atoms with van der Waals surface area (Å²) in [5, 5.41) is 7.35. The van der Waals surface area contributed by atoms with E-state index in [1.807, 2.05) is 42.8 Å². The van der Waals surface area contributed by atoms with Gasteiger partial charge in [-0.25, -0.2) is 0 Å². The van der Waals surface area contributed by atoms with Gasteiger partial charge in [-0.3, -0.25) is 9.48 Å². The molecule has 0 spiro atoms. The van der Waals surface area contributed by atoms with Gasteiger partial charge in [-0.15, -0.1) is 0 Å². The van der Waals surface area contributed by atoms with Gasteiger partial charge in [0.1, 0.15) is 11.0 Å². The largest absolute Gasteiger partial charge is 0.352 e. The first-order valence-electron chi connectivity index (χ1n) is 7.61. The summed E-state index contributed by atoms with van der Waals surface area (Å²) in [5.41, 5.74) is 4.96. The Balaban J connectivity index is 1.45. The van der Waals surface area contributed by atoms with Gasteiger partial charge in [-0.1, -0.05) is 6.07 Å². The van der Waals surface area contributed by atoms with Crippen molar-refractivity contribution in [2.24, 2.45) is 0 Å². The quantitative estimate of drug-likeness (QED) is 0.754. The van der Waals surface area contributed by atoms with Gasteiger partial charge in [0, 0.05) is 25.2 Å². The maximum absolute atomic E-state index is 11.9. The van der Waals surface area contributed by atoms with Crippen LogP contribution in [0.1, 0.15) is 29.8 Å². The smallest absolute Gasteiger partial charge is 0.220 e. The van der Waals surface area contributed by atoms with Crippen LogP contribution in [-0.4, -0.2) is 24.4 Å². The lowest BCUT2D eigenvalue weighted by atomic mass is 10.2. The number of hydrogen-bond acceptors (Lipinski definition) is 5. The summed E-state index contributed by atoms with van der Waals surface area (Å²) in [6.45, 7) is 5.30. The normalized spacial score (nSPS) is 11.0. The number of carbonyl (C=O) groups is 1. The number of rotatable bonds is 6. The predicted molar refractivity (Wildman–Crippen MR) is 90.2 cm³/mol. The number of fused-ring (bicyclic) bond motifs is 1. The minimum Gasteiger partial charge on any atom is -0.352 e. The number of benzene rings is 1. The Bertz CT molecular complexity index is 823. The maximum atomic E-state index is 11.9. The minimum absolute atomic E-state index is 0.0584. The van der Waals surface area contributed by atoms with Crippen LogP contribution in [0.3, 0.4) is 0 Å². The number of amides is 1. The average molecular weight is 329 g/mol. The molecular weight excluding hydrogens is 310 g/mol. The van der Waals surface area contributed by atoms with Crippen LogP contribution in [0, 0.1) is 13.8 Å². The van der Waals surface area contributed by atoms with Crippen LogP contribution in [-0.2, 0) is 17.9 Å². The highest BCUT2D eigenvalue weighted by Gasteiger charge is 2.05. The molecule has 2 heterocycles. The van der Waals surface area contributed by atoms with E-state index in [2.05, 4.69) is 19.2 Å². The van der Waals surface area contributed by atoms with E-state index in [4.69, 9.17) is 0 Å². The van der Waals surface area contributed by atoms with Crippen LogP contribution in [0.15, 0.2) is 24.3 Å². The Morgan fingerprint density at radius 2 is 2.04 bits per heavy atom. The van der Waals surface area contributed by atoms with Crippen molar-refractivity contribution in [3.8, 4) is 0 Å². The second-order valence-electron chi connectivity index (χ2n) is 5.62. The van der Waals surface area contributed by atoms with E-state index >= 15 is 0 Å². The van der Waals surface area contributed by atoms with Gasteiger partial charge in [0.25, 0.3) is 0 Å². The number of carbonyl (C=O) groups excluding carboxylic acids is 1. The molecule has 0 unspecified atom stereocenters. The molecule has 1 N–H and O–H groups in total. The Hall–Kier alpha value is -2.28. The monoisotopic (exact) mass is 329 g/mol. The Kier molecular flexibility index (Phi) is 4.66. The summed E-state index contributed by atoms with van der Waals surface area (Å²) >= 11 is 1.20. The fourth-order valence-electron chi connectivity index (χ4n) is 2.52. The molecule has 23 heavy (non-hydrogen) atoms. The minimum atomic E-state index is 0.0584. The summed E-state index contributed by atoms with van der Waals surface area (Å²) in [6.07, 6.45) is 1.28. The van der Waals surface area contributed by atoms with Gasteiger partial charge in [-0.05, 0) is 44.0 Å². The van der Waals surface area contributed by atoms with Crippen LogP contribution in [0.2, 0.25) is 0 Å². The molecule has 0 aliphatic rings. The van der Waals surface area contributed by atoms with Crippen molar-refractivity contribution in [1.29, 1.82) is 0 Å². The lowest BCUT2D eigenvalue weighted by Crippen LogP contribution is -2.22. The van der Waals surface area contributed by atoms with Gasteiger partial charge < -0.3 is 5.32 Å². The molecule has 0 atom stereocenters. The van der Waals surface area contributed by atoms with E-state index in [-0.39, 0.29) is 5.91 Å². The molecule has 0 saturated carbocycles. The second kappa shape index (κ2) is 6.87. The van der Waals surface area contributed by atoms with Gasteiger partial charge in [0.15, 0.2) is 0 Å². The number of hydrogen-bond donors (Lipinski definition) is 1. The molecule has 0 saturated heterocycles.